The molecule has 3 rings (SSSR count). The molecule has 4 heteroatoms. The summed E-state index contributed by atoms with van der Waals surface area (Å²) in [7, 11) is 2.04. The molecule has 1 N–H and O–H groups in total. The van der Waals surface area contributed by atoms with E-state index < -0.39 is 0 Å². The minimum absolute atomic E-state index is 0.731. The van der Waals surface area contributed by atoms with Crippen molar-refractivity contribution >= 4 is 16.5 Å². The van der Waals surface area contributed by atoms with Crippen LogP contribution in [-0.4, -0.2) is 24.6 Å². The second-order valence-electron chi connectivity index (χ2n) is 6.24. The lowest BCUT2D eigenvalue weighted by atomic mass is 9.99. The van der Waals surface area contributed by atoms with Crippen molar-refractivity contribution in [1.29, 1.82) is 0 Å². The molecule has 0 amide bonds. The highest BCUT2D eigenvalue weighted by Crippen LogP contribution is 2.44. The van der Waals surface area contributed by atoms with Crippen LogP contribution >= 0.6 is 11.3 Å². The molecule has 1 aliphatic heterocycles. The molecule has 1 aromatic heterocycles. The molecule has 1 saturated heterocycles. The van der Waals surface area contributed by atoms with Crippen LogP contribution in [0, 0.1) is 0 Å². The van der Waals surface area contributed by atoms with E-state index in [9.17, 15) is 0 Å². The number of anilines is 1. The van der Waals surface area contributed by atoms with Gasteiger partial charge in [-0.1, -0.05) is 13.3 Å². The number of nitrogens with zero attached hydrogens (tertiary/aromatic N) is 2. The Morgan fingerprint density at radius 3 is 2.85 bits per heavy atom. The molecule has 3 nitrogen and oxygen atoms in total. The normalized spacial score (nSPS) is 23.3. The predicted octanol–water partition coefficient (Wildman–Crippen LogP) is 3.90. The third-order valence-corrected chi connectivity index (χ3v) is 5.62. The van der Waals surface area contributed by atoms with E-state index in [-0.39, 0.29) is 0 Å². The molecule has 112 valence electrons. The Kier molecular flexibility index (Phi) is 4.61. The summed E-state index contributed by atoms with van der Waals surface area (Å²) in [6.07, 6.45) is 9.38. The fourth-order valence-corrected chi connectivity index (χ4v) is 4.58. The molecule has 1 unspecified atom stereocenters. The third kappa shape index (κ3) is 3.01. The predicted molar refractivity (Wildman–Crippen MR) is 86.7 cm³/mol. The molecule has 1 atom stereocenters. The van der Waals surface area contributed by atoms with Crippen LogP contribution in [0.3, 0.4) is 0 Å². The smallest absolute Gasteiger partial charge is 0.186 e. The van der Waals surface area contributed by atoms with E-state index in [0.29, 0.717) is 0 Å². The number of aromatic nitrogens is 1. The van der Waals surface area contributed by atoms with Crippen LogP contribution in [0.15, 0.2) is 0 Å². The van der Waals surface area contributed by atoms with Gasteiger partial charge in [-0.3, -0.25) is 0 Å². The molecule has 2 fully saturated rings. The van der Waals surface area contributed by atoms with Gasteiger partial charge in [0.15, 0.2) is 5.13 Å². The minimum atomic E-state index is 0.731. The third-order valence-electron chi connectivity index (χ3n) is 4.51. The van der Waals surface area contributed by atoms with E-state index in [1.807, 2.05) is 18.4 Å². The Labute approximate surface area is 126 Å². The monoisotopic (exact) mass is 293 g/mol. The Morgan fingerprint density at radius 2 is 2.15 bits per heavy atom. The first-order valence-corrected chi connectivity index (χ1v) is 9.06. The van der Waals surface area contributed by atoms with E-state index in [1.54, 1.807) is 0 Å². The molecule has 1 aromatic rings. The number of nitrogens with one attached hydrogen (secondary N) is 1. The SMILES string of the molecule is CCCC1CCCCN1c1nc(C2CC2)c(CNC)s1. The highest BCUT2D eigenvalue weighted by molar-refractivity contribution is 7.15. The summed E-state index contributed by atoms with van der Waals surface area (Å²) in [6, 6.07) is 0.731. The molecule has 1 aliphatic carbocycles. The maximum absolute atomic E-state index is 5.05. The van der Waals surface area contributed by atoms with E-state index in [4.69, 9.17) is 4.98 Å². The van der Waals surface area contributed by atoms with Crippen molar-refractivity contribution < 1.29 is 0 Å². The highest BCUT2D eigenvalue weighted by atomic mass is 32.1. The molecule has 2 aliphatic rings. The molecule has 0 aromatic carbocycles. The zero-order chi connectivity index (χ0) is 13.9. The summed E-state index contributed by atoms with van der Waals surface area (Å²) >= 11 is 1.94. The number of hydrogen-bond donors (Lipinski definition) is 1. The molecule has 0 radical (unpaired) electrons. The van der Waals surface area contributed by atoms with Crippen molar-refractivity contribution in [1.82, 2.24) is 10.3 Å². The first kappa shape index (κ1) is 14.3. The Bertz CT molecular complexity index is 437. The number of piperidine rings is 1. The summed E-state index contributed by atoms with van der Waals surface area (Å²) in [5, 5.41) is 4.61. The molecule has 0 bridgehead atoms. The van der Waals surface area contributed by atoms with Crippen molar-refractivity contribution in [2.75, 3.05) is 18.5 Å². The molecule has 20 heavy (non-hydrogen) atoms. The van der Waals surface area contributed by atoms with Gasteiger partial charge in [0.2, 0.25) is 0 Å². The first-order valence-electron chi connectivity index (χ1n) is 8.24. The first-order chi connectivity index (χ1) is 9.83. The molecular weight excluding hydrogens is 266 g/mol. The second kappa shape index (κ2) is 6.44. The number of thiazole rings is 1. The van der Waals surface area contributed by atoms with Crippen LogP contribution in [0.25, 0.3) is 0 Å². The maximum atomic E-state index is 5.05. The summed E-state index contributed by atoms with van der Waals surface area (Å²) in [5.41, 5.74) is 1.40. The van der Waals surface area contributed by atoms with Crippen LogP contribution in [0.5, 0.6) is 0 Å². The van der Waals surface area contributed by atoms with Gasteiger partial charge in [-0.15, -0.1) is 11.3 Å². The number of rotatable bonds is 6. The van der Waals surface area contributed by atoms with Crippen molar-refractivity contribution in [2.45, 2.75) is 70.4 Å². The lowest BCUT2D eigenvalue weighted by Gasteiger charge is -2.35. The van der Waals surface area contributed by atoms with E-state index in [0.717, 1.165) is 18.5 Å². The van der Waals surface area contributed by atoms with Gasteiger partial charge in [-0.05, 0) is 45.6 Å². The maximum Gasteiger partial charge on any atom is 0.186 e. The summed E-state index contributed by atoms with van der Waals surface area (Å²) in [4.78, 5) is 9.14. The summed E-state index contributed by atoms with van der Waals surface area (Å²) < 4.78 is 0. The summed E-state index contributed by atoms with van der Waals surface area (Å²) in [5.74, 6) is 0.762. The number of hydrogen-bond acceptors (Lipinski definition) is 4. The van der Waals surface area contributed by atoms with Crippen LogP contribution in [0.4, 0.5) is 5.13 Å². The minimum Gasteiger partial charge on any atom is -0.345 e. The van der Waals surface area contributed by atoms with Crippen molar-refractivity contribution in [3.63, 3.8) is 0 Å². The van der Waals surface area contributed by atoms with Crippen molar-refractivity contribution in [3.8, 4) is 0 Å². The lowest BCUT2D eigenvalue weighted by molar-refractivity contribution is 0.434. The van der Waals surface area contributed by atoms with Gasteiger partial charge in [0, 0.05) is 29.9 Å². The fourth-order valence-electron chi connectivity index (χ4n) is 3.32. The zero-order valence-corrected chi connectivity index (χ0v) is 13.6. The zero-order valence-electron chi connectivity index (χ0n) is 12.8. The van der Waals surface area contributed by atoms with E-state index >= 15 is 0 Å². The molecule has 1 saturated carbocycles. The largest absolute Gasteiger partial charge is 0.345 e. The fraction of sp³-hybridized carbons (Fsp3) is 0.812. The van der Waals surface area contributed by atoms with Crippen molar-refractivity contribution in [2.24, 2.45) is 0 Å². The molecule has 0 spiro atoms. The average Bonchev–Trinajstić information content (AvgIpc) is 3.22. The topological polar surface area (TPSA) is 28.2 Å². The van der Waals surface area contributed by atoms with Gasteiger partial charge < -0.3 is 10.2 Å². The van der Waals surface area contributed by atoms with Crippen LogP contribution in [0.1, 0.15) is 68.4 Å². The Morgan fingerprint density at radius 1 is 1.30 bits per heavy atom. The van der Waals surface area contributed by atoms with Crippen LogP contribution < -0.4 is 10.2 Å². The van der Waals surface area contributed by atoms with Gasteiger partial charge in [0.05, 0.1) is 5.69 Å². The average molecular weight is 293 g/mol. The van der Waals surface area contributed by atoms with Crippen molar-refractivity contribution in [3.05, 3.63) is 10.6 Å². The molecule has 2 heterocycles. The van der Waals surface area contributed by atoms with Gasteiger partial charge >= 0.3 is 0 Å². The van der Waals surface area contributed by atoms with Gasteiger partial charge in [0.1, 0.15) is 0 Å². The van der Waals surface area contributed by atoms with Gasteiger partial charge in [-0.25, -0.2) is 4.98 Å². The Balaban J connectivity index is 1.82. The van der Waals surface area contributed by atoms with Crippen LogP contribution in [0.2, 0.25) is 0 Å². The van der Waals surface area contributed by atoms with Crippen LogP contribution in [-0.2, 0) is 6.54 Å². The quantitative estimate of drug-likeness (QED) is 0.862. The molecular formula is C16H27N3S. The summed E-state index contributed by atoms with van der Waals surface area (Å²) in [6.45, 7) is 4.49. The van der Waals surface area contributed by atoms with E-state index in [1.165, 1.54) is 67.2 Å². The van der Waals surface area contributed by atoms with Gasteiger partial charge in [0.25, 0.3) is 0 Å². The standard InChI is InChI=1S/C16H27N3S/c1-3-6-13-7-4-5-10-19(13)16-18-15(12-8-9-12)14(20-16)11-17-2/h12-13,17H,3-11H2,1-2H3. The van der Waals surface area contributed by atoms with Gasteiger partial charge in [-0.2, -0.15) is 0 Å². The second-order valence-corrected chi connectivity index (χ2v) is 7.30. The van der Waals surface area contributed by atoms with E-state index in [2.05, 4.69) is 17.1 Å². The Hall–Kier alpha value is -0.610. The highest BCUT2D eigenvalue weighted by Gasteiger charge is 2.32. The lowest BCUT2D eigenvalue weighted by Crippen LogP contribution is -2.39.